The topological polar surface area (TPSA) is 59.8 Å². The number of carbonyl (C=O) groups is 1. The molecule has 5 nitrogen and oxygen atoms in total. The molecule has 0 aliphatic heterocycles. The number of nitrogens with zero attached hydrogens (tertiary/aromatic N) is 3. The van der Waals surface area contributed by atoms with Crippen LogP contribution in [0.3, 0.4) is 0 Å². The molecule has 0 saturated carbocycles. The second kappa shape index (κ2) is 8.33. The van der Waals surface area contributed by atoms with Crippen LogP contribution < -0.4 is 5.32 Å². The second-order valence-corrected chi connectivity index (χ2v) is 7.51. The third kappa shape index (κ3) is 4.30. The van der Waals surface area contributed by atoms with Gasteiger partial charge in [0.1, 0.15) is 5.82 Å². The maximum atomic E-state index is 12.9. The van der Waals surface area contributed by atoms with Crippen molar-refractivity contribution in [2.75, 3.05) is 5.32 Å². The van der Waals surface area contributed by atoms with Gasteiger partial charge in [0.2, 0.25) is 5.82 Å². The summed E-state index contributed by atoms with van der Waals surface area (Å²) in [5, 5.41) is 7.45. The van der Waals surface area contributed by atoms with Gasteiger partial charge in [0.15, 0.2) is 0 Å². The predicted octanol–water partition coefficient (Wildman–Crippen LogP) is 5.04. The van der Waals surface area contributed by atoms with Crippen molar-refractivity contribution in [3.63, 3.8) is 0 Å². The van der Waals surface area contributed by atoms with E-state index in [-0.39, 0.29) is 11.7 Å². The Balaban J connectivity index is 1.67. The molecule has 0 fully saturated rings. The van der Waals surface area contributed by atoms with Crippen LogP contribution in [0.5, 0.6) is 0 Å². The van der Waals surface area contributed by atoms with E-state index in [1.165, 1.54) is 5.56 Å². The molecule has 0 radical (unpaired) electrons. The molecule has 3 aromatic carbocycles. The zero-order valence-corrected chi connectivity index (χ0v) is 17.4. The molecule has 0 atom stereocenters. The Morgan fingerprint density at radius 3 is 2.33 bits per heavy atom. The summed E-state index contributed by atoms with van der Waals surface area (Å²) in [7, 11) is 0. The van der Waals surface area contributed by atoms with Crippen molar-refractivity contribution in [2.24, 2.45) is 0 Å². The number of benzene rings is 3. The Morgan fingerprint density at radius 2 is 1.63 bits per heavy atom. The quantitative estimate of drug-likeness (QED) is 0.514. The number of hydrogen-bond acceptors (Lipinski definition) is 3. The van der Waals surface area contributed by atoms with Crippen LogP contribution in [-0.4, -0.2) is 20.7 Å². The van der Waals surface area contributed by atoms with Gasteiger partial charge in [0.05, 0.1) is 5.69 Å². The van der Waals surface area contributed by atoms with E-state index in [1.807, 2.05) is 93.6 Å². The molecule has 4 aromatic rings. The molecule has 0 bridgehead atoms. The highest BCUT2D eigenvalue weighted by Crippen LogP contribution is 2.17. The van der Waals surface area contributed by atoms with Gasteiger partial charge in [-0.2, -0.15) is 0 Å². The van der Waals surface area contributed by atoms with Crippen molar-refractivity contribution in [3.05, 3.63) is 107 Å². The Kier molecular flexibility index (Phi) is 5.44. The molecule has 0 unspecified atom stereocenters. The van der Waals surface area contributed by atoms with E-state index in [0.29, 0.717) is 6.42 Å². The van der Waals surface area contributed by atoms with Gasteiger partial charge in [-0.05, 0) is 61.7 Å². The molecule has 150 valence electrons. The number of aryl methyl sites for hydroxylation is 3. The van der Waals surface area contributed by atoms with Crippen LogP contribution >= 0.6 is 0 Å². The first-order valence-corrected chi connectivity index (χ1v) is 9.95. The zero-order valence-electron chi connectivity index (χ0n) is 17.4. The molecule has 0 saturated heterocycles. The Hall–Kier alpha value is -3.73. The van der Waals surface area contributed by atoms with E-state index in [4.69, 9.17) is 0 Å². The molecule has 0 aliphatic rings. The SMILES string of the molecule is Cc1ccc(-n2nc(C(=O)Nc3ccc(C)c(C)c3)nc2Cc2ccccc2)cc1. The number of aromatic nitrogens is 3. The van der Waals surface area contributed by atoms with Crippen molar-refractivity contribution in [2.45, 2.75) is 27.2 Å². The van der Waals surface area contributed by atoms with Crippen molar-refractivity contribution < 1.29 is 4.79 Å². The number of nitrogens with one attached hydrogen (secondary N) is 1. The van der Waals surface area contributed by atoms with Gasteiger partial charge in [-0.25, -0.2) is 9.67 Å². The van der Waals surface area contributed by atoms with E-state index in [1.54, 1.807) is 4.68 Å². The smallest absolute Gasteiger partial charge is 0.295 e. The summed E-state index contributed by atoms with van der Waals surface area (Å²) in [6.45, 7) is 6.10. The lowest BCUT2D eigenvalue weighted by molar-refractivity contribution is 0.101. The summed E-state index contributed by atoms with van der Waals surface area (Å²) in [4.78, 5) is 17.4. The highest BCUT2D eigenvalue weighted by molar-refractivity contribution is 6.01. The van der Waals surface area contributed by atoms with Crippen molar-refractivity contribution in [1.29, 1.82) is 0 Å². The zero-order chi connectivity index (χ0) is 21.1. The fourth-order valence-corrected chi connectivity index (χ4v) is 3.23. The number of anilines is 1. The minimum Gasteiger partial charge on any atom is -0.319 e. The van der Waals surface area contributed by atoms with Crippen molar-refractivity contribution in [3.8, 4) is 5.69 Å². The van der Waals surface area contributed by atoms with Gasteiger partial charge >= 0.3 is 0 Å². The van der Waals surface area contributed by atoms with Crippen LogP contribution in [0.4, 0.5) is 5.69 Å². The summed E-state index contributed by atoms with van der Waals surface area (Å²) < 4.78 is 1.75. The van der Waals surface area contributed by atoms with Gasteiger partial charge in [-0.1, -0.05) is 54.1 Å². The third-order valence-electron chi connectivity index (χ3n) is 5.13. The molecular formula is C25H24N4O. The van der Waals surface area contributed by atoms with Crippen molar-refractivity contribution >= 4 is 11.6 Å². The minimum absolute atomic E-state index is 0.153. The molecule has 30 heavy (non-hydrogen) atoms. The fraction of sp³-hybridized carbons (Fsp3) is 0.160. The average Bonchev–Trinajstić information content (AvgIpc) is 3.16. The first kappa shape index (κ1) is 19.6. The Bertz CT molecular complexity index is 1180. The van der Waals surface area contributed by atoms with E-state index >= 15 is 0 Å². The Morgan fingerprint density at radius 1 is 0.900 bits per heavy atom. The maximum Gasteiger partial charge on any atom is 0.295 e. The number of rotatable bonds is 5. The number of hydrogen-bond donors (Lipinski definition) is 1. The maximum absolute atomic E-state index is 12.9. The van der Waals surface area contributed by atoms with Crippen LogP contribution in [-0.2, 0) is 6.42 Å². The fourth-order valence-electron chi connectivity index (χ4n) is 3.23. The molecule has 5 heteroatoms. The minimum atomic E-state index is -0.321. The molecule has 1 N–H and O–H groups in total. The monoisotopic (exact) mass is 396 g/mol. The third-order valence-corrected chi connectivity index (χ3v) is 5.13. The van der Waals surface area contributed by atoms with Crippen LogP contribution in [0, 0.1) is 20.8 Å². The van der Waals surface area contributed by atoms with Gasteiger partial charge in [0.25, 0.3) is 5.91 Å². The molecule has 0 aliphatic carbocycles. The molecule has 4 rings (SSSR count). The lowest BCUT2D eigenvalue weighted by Gasteiger charge is -2.06. The standard InChI is InChI=1S/C25H24N4O/c1-17-9-13-22(14-10-17)29-23(16-20-7-5-4-6-8-20)27-24(28-29)25(30)26-21-12-11-18(2)19(3)15-21/h4-15H,16H2,1-3H3,(H,26,30). The summed E-state index contributed by atoms with van der Waals surface area (Å²) in [6, 6.07) is 23.9. The van der Waals surface area contributed by atoms with E-state index in [2.05, 4.69) is 15.4 Å². The van der Waals surface area contributed by atoms with Gasteiger partial charge in [-0.3, -0.25) is 4.79 Å². The second-order valence-electron chi connectivity index (χ2n) is 7.51. The van der Waals surface area contributed by atoms with Crippen LogP contribution in [0.2, 0.25) is 0 Å². The van der Waals surface area contributed by atoms with Gasteiger partial charge < -0.3 is 5.32 Å². The lowest BCUT2D eigenvalue weighted by atomic mass is 10.1. The summed E-state index contributed by atoms with van der Waals surface area (Å²) in [6.07, 6.45) is 0.582. The average molecular weight is 396 g/mol. The van der Waals surface area contributed by atoms with E-state index < -0.39 is 0 Å². The predicted molar refractivity (Wildman–Crippen MR) is 119 cm³/mol. The summed E-state index contributed by atoms with van der Waals surface area (Å²) in [5.41, 5.74) is 6.19. The number of amides is 1. The van der Waals surface area contributed by atoms with Crippen LogP contribution in [0.15, 0.2) is 72.8 Å². The highest BCUT2D eigenvalue weighted by atomic mass is 16.2. The van der Waals surface area contributed by atoms with E-state index in [0.717, 1.165) is 33.9 Å². The molecule has 1 amide bonds. The molecule has 1 aromatic heterocycles. The van der Waals surface area contributed by atoms with Crippen molar-refractivity contribution in [1.82, 2.24) is 14.8 Å². The normalized spacial score (nSPS) is 10.8. The van der Waals surface area contributed by atoms with Gasteiger partial charge in [-0.15, -0.1) is 5.10 Å². The molecule has 0 spiro atoms. The largest absolute Gasteiger partial charge is 0.319 e. The van der Waals surface area contributed by atoms with Crippen LogP contribution in [0.1, 0.15) is 38.7 Å². The first-order valence-electron chi connectivity index (χ1n) is 9.95. The van der Waals surface area contributed by atoms with Crippen LogP contribution in [0.25, 0.3) is 5.69 Å². The summed E-state index contributed by atoms with van der Waals surface area (Å²) >= 11 is 0. The highest BCUT2D eigenvalue weighted by Gasteiger charge is 2.18. The van der Waals surface area contributed by atoms with Gasteiger partial charge in [0, 0.05) is 12.1 Å². The molecule has 1 heterocycles. The Labute approximate surface area is 176 Å². The van der Waals surface area contributed by atoms with E-state index in [9.17, 15) is 4.79 Å². The first-order chi connectivity index (χ1) is 14.5. The summed E-state index contributed by atoms with van der Waals surface area (Å²) in [5.74, 6) is 0.549. The molecular weight excluding hydrogens is 372 g/mol. The lowest BCUT2D eigenvalue weighted by Crippen LogP contribution is -2.14. The number of carbonyl (C=O) groups excluding carboxylic acids is 1.